The number of hydrogen-bond donors (Lipinski definition) is 0. The molecular weight excluding hydrogens is 180 g/mol. The van der Waals surface area contributed by atoms with E-state index in [1.807, 2.05) is 24.3 Å². The molecule has 0 saturated carbocycles. The molecule has 0 fully saturated rings. The van der Waals surface area contributed by atoms with Crippen molar-refractivity contribution < 1.29 is 14.3 Å². The van der Waals surface area contributed by atoms with Gasteiger partial charge in [0.2, 0.25) is 0 Å². The van der Waals surface area contributed by atoms with Crippen LogP contribution in [-0.2, 0) is 20.9 Å². The Bertz CT molecular complexity index is 446. The van der Waals surface area contributed by atoms with Crippen molar-refractivity contribution in [2.24, 2.45) is 0 Å². The number of hydrogen-bond acceptors (Lipinski definition) is 3. The van der Waals surface area contributed by atoms with Crippen molar-refractivity contribution >= 4 is 11.5 Å². The Kier molecular flexibility index (Phi) is 1.42. The number of esters is 1. The Morgan fingerprint density at radius 1 is 1.07 bits per heavy atom. The lowest BCUT2D eigenvalue weighted by molar-refractivity contribution is -0.134. The van der Waals surface area contributed by atoms with Crippen LogP contribution in [0.3, 0.4) is 0 Å². The van der Waals surface area contributed by atoms with Crippen LogP contribution in [0.5, 0.6) is 0 Å². The van der Waals surface area contributed by atoms with Crippen LogP contribution in [0.4, 0.5) is 0 Å². The summed E-state index contributed by atoms with van der Waals surface area (Å²) in [5, 5.41) is 0. The third-order valence-electron chi connectivity index (χ3n) is 2.51. The number of cyclic esters (lactones) is 1. The maximum atomic E-state index is 11.4. The Morgan fingerprint density at radius 3 is 2.86 bits per heavy atom. The Morgan fingerprint density at radius 2 is 1.93 bits per heavy atom. The van der Waals surface area contributed by atoms with Gasteiger partial charge in [0.05, 0.1) is 0 Å². The molecule has 0 spiro atoms. The van der Waals surface area contributed by atoms with Crippen LogP contribution in [0.25, 0.3) is 5.57 Å². The molecular formula is C11H8O3. The first kappa shape index (κ1) is 7.62. The molecule has 2 aliphatic rings. The molecule has 0 saturated heterocycles. The van der Waals surface area contributed by atoms with Gasteiger partial charge in [-0.3, -0.25) is 0 Å². The molecule has 0 N–H and O–H groups in total. The van der Waals surface area contributed by atoms with Crippen LogP contribution in [0.1, 0.15) is 11.1 Å². The van der Waals surface area contributed by atoms with E-state index in [1.165, 1.54) is 0 Å². The summed E-state index contributed by atoms with van der Waals surface area (Å²) >= 11 is 0. The highest BCUT2D eigenvalue weighted by atomic mass is 16.6. The van der Waals surface area contributed by atoms with Gasteiger partial charge in [0.15, 0.2) is 0 Å². The van der Waals surface area contributed by atoms with E-state index < -0.39 is 0 Å². The zero-order valence-electron chi connectivity index (χ0n) is 7.45. The largest absolute Gasteiger partial charge is 0.489 e. The highest BCUT2D eigenvalue weighted by Gasteiger charge is 2.32. The van der Waals surface area contributed by atoms with Crippen molar-refractivity contribution in [3.8, 4) is 0 Å². The topological polar surface area (TPSA) is 35.5 Å². The van der Waals surface area contributed by atoms with Crippen molar-refractivity contribution in [1.29, 1.82) is 0 Å². The molecule has 0 unspecified atom stereocenters. The number of benzene rings is 1. The summed E-state index contributed by atoms with van der Waals surface area (Å²) in [6, 6.07) is 7.75. The number of carbonyl (C=O) groups excluding carboxylic acids is 1. The van der Waals surface area contributed by atoms with Gasteiger partial charge in [-0.05, 0) is 11.1 Å². The fourth-order valence-electron chi connectivity index (χ4n) is 1.82. The quantitative estimate of drug-likeness (QED) is 0.578. The highest BCUT2D eigenvalue weighted by Crippen LogP contribution is 2.33. The fourth-order valence-corrected chi connectivity index (χ4v) is 1.82. The molecule has 0 amide bonds. The Labute approximate surface area is 80.9 Å². The summed E-state index contributed by atoms with van der Waals surface area (Å²) in [7, 11) is 0. The molecule has 3 heteroatoms. The third-order valence-corrected chi connectivity index (χ3v) is 2.51. The van der Waals surface area contributed by atoms with Crippen molar-refractivity contribution in [1.82, 2.24) is 0 Å². The molecule has 0 aliphatic carbocycles. The molecule has 1 aromatic rings. The zero-order chi connectivity index (χ0) is 9.54. The molecule has 3 nitrogen and oxygen atoms in total. The SMILES string of the molecule is O=C1OCC2=C1c1ccccc1CO2. The van der Waals surface area contributed by atoms with Crippen LogP contribution in [0, 0.1) is 0 Å². The van der Waals surface area contributed by atoms with Gasteiger partial charge in [0.1, 0.15) is 24.5 Å². The van der Waals surface area contributed by atoms with Gasteiger partial charge >= 0.3 is 5.97 Å². The van der Waals surface area contributed by atoms with E-state index in [-0.39, 0.29) is 12.6 Å². The third kappa shape index (κ3) is 0.894. The Hall–Kier alpha value is -1.77. The second-order valence-corrected chi connectivity index (χ2v) is 3.32. The molecule has 2 heterocycles. The smallest absolute Gasteiger partial charge is 0.342 e. The first-order chi connectivity index (χ1) is 6.86. The minimum absolute atomic E-state index is 0.271. The van der Waals surface area contributed by atoms with Crippen LogP contribution >= 0.6 is 0 Å². The summed E-state index contributed by atoms with van der Waals surface area (Å²) in [5.41, 5.74) is 2.60. The van der Waals surface area contributed by atoms with Crippen LogP contribution in [-0.4, -0.2) is 12.6 Å². The molecule has 0 aromatic heterocycles. The van der Waals surface area contributed by atoms with Gasteiger partial charge in [-0.25, -0.2) is 4.79 Å². The van der Waals surface area contributed by atoms with Crippen molar-refractivity contribution in [2.75, 3.05) is 6.61 Å². The predicted octanol–water partition coefficient (Wildman–Crippen LogP) is 1.48. The van der Waals surface area contributed by atoms with Gasteiger partial charge in [-0.1, -0.05) is 24.3 Å². The number of carbonyl (C=O) groups is 1. The van der Waals surface area contributed by atoms with E-state index in [0.29, 0.717) is 17.9 Å². The summed E-state index contributed by atoms with van der Waals surface area (Å²) in [6.45, 7) is 0.814. The average Bonchev–Trinajstić information content (AvgIpc) is 2.61. The van der Waals surface area contributed by atoms with Gasteiger partial charge in [0, 0.05) is 0 Å². The minimum atomic E-state index is -0.271. The molecule has 70 valence electrons. The summed E-state index contributed by atoms with van der Waals surface area (Å²) in [5.74, 6) is 0.404. The van der Waals surface area contributed by atoms with E-state index in [9.17, 15) is 4.79 Å². The molecule has 3 rings (SSSR count). The lowest BCUT2D eigenvalue weighted by Crippen LogP contribution is -2.07. The highest BCUT2D eigenvalue weighted by molar-refractivity contribution is 6.19. The first-order valence-corrected chi connectivity index (χ1v) is 4.47. The molecule has 14 heavy (non-hydrogen) atoms. The minimum Gasteiger partial charge on any atom is -0.489 e. The summed E-state index contributed by atoms with van der Waals surface area (Å²) < 4.78 is 10.4. The number of rotatable bonds is 0. The van der Waals surface area contributed by atoms with Crippen LogP contribution < -0.4 is 0 Å². The van der Waals surface area contributed by atoms with Gasteiger partial charge in [0.25, 0.3) is 0 Å². The molecule has 0 bridgehead atoms. The summed E-state index contributed by atoms with van der Waals surface area (Å²) in [6.07, 6.45) is 0. The maximum Gasteiger partial charge on any atom is 0.342 e. The Balaban J connectivity index is 2.23. The van der Waals surface area contributed by atoms with E-state index in [0.717, 1.165) is 11.1 Å². The van der Waals surface area contributed by atoms with Crippen molar-refractivity contribution in [2.45, 2.75) is 6.61 Å². The van der Waals surface area contributed by atoms with Crippen LogP contribution in [0.15, 0.2) is 30.0 Å². The second kappa shape index (κ2) is 2.61. The average molecular weight is 188 g/mol. The first-order valence-electron chi connectivity index (χ1n) is 4.47. The van der Waals surface area contributed by atoms with E-state index in [1.54, 1.807) is 0 Å². The molecule has 2 aliphatic heterocycles. The molecule has 0 radical (unpaired) electrons. The molecule has 1 aromatic carbocycles. The lowest BCUT2D eigenvalue weighted by atomic mass is 9.98. The van der Waals surface area contributed by atoms with Crippen molar-refractivity contribution in [3.05, 3.63) is 41.2 Å². The normalized spacial score (nSPS) is 18.4. The van der Waals surface area contributed by atoms with E-state index >= 15 is 0 Å². The molecule has 0 atom stereocenters. The van der Waals surface area contributed by atoms with Gasteiger partial charge in [-0.15, -0.1) is 0 Å². The summed E-state index contributed by atoms with van der Waals surface area (Å²) in [4.78, 5) is 11.4. The standard InChI is InChI=1S/C11H8O3/c12-11-10-8-4-2-1-3-7(8)5-13-9(10)6-14-11/h1-4H,5-6H2. The predicted molar refractivity (Wildman–Crippen MR) is 49.1 cm³/mol. The zero-order valence-corrected chi connectivity index (χ0v) is 7.45. The van der Waals surface area contributed by atoms with Gasteiger partial charge in [-0.2, -0.15) is 0 Å². The lowest BCUT2D eigenvalue weighted by Gasteiger charge is -2.16. The van der Waals surface area contributed by atoms with Gasteiger partial charge < -0.3 is 9.47 Å². The van der Waals surface area contributed by atoms with Crippen LogP contribution in [0.2, 0.25) is 0 Å². The second-order valence-electron chi connectivity index (χ2n) is 3.32. The fraction of sp³-hybridized carbons (Fsp3) is 0.182. The van der Waals surface area contributed by atoms with Crippen molar-refractivity contribution in [3.63, 3.8) is 0 Å². The van der Waals surface area contributed by atoms with E-state index in [2.05, 4.69) is 0 Å². The number of fused-ring (bicyclic) bond motifs is 2. The van der Waals surface area contributed by atoms with E-state index in [4.69, 9.17) is 9.47 Å². The number of ether oxygens (including phenoxy) is 2. The maximum absolute atomic E-state index is 11.4. The monoisotopic (exact) mass is 188 g/mol.